The molecule has 1 heterocycles. The van der Waals surface area contributed by atoms with Crippen molar-refractivity contribution in [3.8, 4) is 0 Å². The third-order valence-electron chi connectivity index (χ3n) is 1.80. The van der Waals surface area contributed by atoms with Crippen molar-refractivity contribution in [2.24, 2.45) is 0 Å². The maximum atomic E-state index is 11.3. The maximum absolute atomic E-state index is 11.3. The van der Waals surface area contributed by atoms with Gasteiger partial charge in [0.25, 0.3) is 0 Å². The maximum Gasteiger partial charge on any atom is 0.213 e. The molecule has 0 atom stereocenters. The van der Waals surface area contributed by atoms with Crippen molar-refractivity contribution in [1.29, 1.82) is 0 Å². The number of nitrogens with one attached hydrogen (secondary N) is 1. The van der Waals surface area contributed by atoms with Crippen molar-refractivity contribution < 1.29 is 12.9 Å². The van der Waals surface area contributed by atoms with Gasteiger partial charge in [-0.3, -0.25) is 0 Å². The van der Waals surface area contributed by atoms with Crippen molar-refractivity contribution in [2.45, 2.75) is 19.9 Å². The van der Waals surface area contributed by atoms with Gasteiger partial charge in [-0.2, -0.15) is 4.98 Å². The third kappa shape index (κ3) is 4.89. The van der Waals surface area contributed by atoms with Crippen LogP contribution in [0, 0.1) is 0 Å². The summed E-state index contributed by atoms with van der Waals surface area (Å²) < 4.78 is 27.1. The van der Waals surface area contributed by atoms with Crippen LogP contribution in [-0.4, -0.2) is 36.6 Å². The van der Waals surface area contributed by atoms with Crippen LogP contribution in [0.1, 0.15) is 19.2 Å². The van der Waals surface area contributed by atoms with E-state index < -0.39 is 9.84 Å². The van der Waals surface area contributed by atoms with Gasteiger partial charge in [0.1, 0.15) is 0 Å². The summed E-state index contributed by atoms with van der Waals surface area (Å²) in [6.07, 6.45) is 1.90. The first-order valence-electron chi connectivity index (χ1n) is 4.80. The molecule has 0 saturated heterocycles. The lowest BCUT2D eigenvalue weighted by Gasteiger charge is -2.02. The molecule has 1 rings (SSSR count). The zero-order valence-corrected chi connectivity index (χ0v) is 9.46. The SMILES string of the molecule is CCCS(=O)(=O)CCNCc1ncon1. The second-order valence-electron chi connectivity index (χ2n) is 3.18. The summed E-state index contributed by atoms with van der Waals surface area (Å²) in [5.74, 6) is 0.929. The van der Waals surface area contributed by atoms with Crippen LogP contribution in [-0.2, 0) is 16.4 Å². The largest absolute Gasteiger partial charge is 0.343 e. The van der Waals surface area contributed by atoms with Gasteiger partial charge in [0, 0.05) is 12.3 Å². The molecular formula is C8H15N3O3S. The Balaban J connectivity index is 2.17. The van der Waals surface area contributed by atoms with E-state index in [2.05, 4.69) is 20.0 Å². The second kappa shape index (κ2) is 5.82. The highest BCUT2D eigenvalue weighted by Gasteiger charge is 2.08. The Kier molecular flexibility index (Phi) is 4.70. The van der Waals surface area contributed by atoms with Crippen LogP contribution >= 0.6 is 0 Å². The van der Waals surface area contributed by atoms with Gasteiger partial charge in [0.15, 0.2) is 15.7 Å². The molecule has 1 aromatic rings. The zero-order chi connectivity index (χ0) is 11.1. The van der Waals surface area contributed by atoms with Gasteiger partial charge in [-0.25, -0.2) is 8.42 Å². The minimum absolute atomic E-state index is 0.151. The van der Waals surface area contributed by atoms with Crippen LogP contribution in [0.2, 0.25) is 0 Å². The Bertz CT molecular complexity index is 360. The summed E-state index contributed by atoms with van der Waals surface area (Å²) in [5.41, 5.74) is 0. The molecule has 0 saturated carbocycles. The summed E-state index contributed by atoms with van der Waals surface area (Å²) in [4.78, 5) is 3.80. The Morgan fingerprint density at radius 3 is 2.87 bits per heavy atom. The third-order valence-corrected chi connectivity index (χ3v) is 3.65. The summed E-state index contributed by atoms with van der Waals surface area (Å²) in [5, 5.41) is 6.53. The van der Waals surface area contributed by atoms with Crippen molar-refractivity contribution in [2.75, 3.05) is 18.1 Å². The standard InChI is InChI=1S/C8H15N3O3S/c1-2-4-15(12,13)5-3-9-6-8-10-7-14-11-8/h7,9H,2-6H2,1H3. The molecular weight excluding hydrogens is 218 g/mol. The molecule has 6 nitrogen and oxygen atoms in total. The Labute approximate surface area is 89.0 Å². The average Bonchev–Trinajstić information content (AvgIpc) is 2.65. The quantitative estimate of drug-likeness (QED) is 0.666. The molecule has 0 aliphatic rings. The minimum Gasteiger partial charge on any atom is -0.343 e. The number of aromatic nitrogens is 2. The molecule has 0 aromatic carbocycles. The molecule has 0 amide bonds. The van der Waals surface area contributed by atoms with Crippen LogP contribution in [0.15, 0.2) is 10.9 Å². The van der Waals surface area contributed by atoms with E-state index in [4.69, 9.17) is 0 Å². The summed E-state index contributed by atoms with van der Waals surface area (Å²) in [7, 11) is -2.90. The number of hydrogen-bond donors (Lipinski definition) is 1. The molecule has 15 heavy (non-hydrogen) atoms. The number of sulfone groups is 1. The lowest BCUT2D eigenvalue weighted by Crippen LogP contribution is -2.24. The van der Waals surface area contributed by atoms with Crippen LogP contribution in [0.4, 0.5) is 0 Å². The van der Waals surface area contributed by atoms with Crippen molar-refractivity contribution in [1.82, 2.24) is 15.5 Å². The minimum atomic E-state index is -2.90. The average molecular weight is 233 g/mol. The van der Waals surface area contributed by atoms with Crippen LogP contribution in [0.25, 0.3) is 0 Å². The first-order valence-corrected chi connectivity index (χ1v) is 6.62. The molecule has 0 spiro atoms. The van der Waals surface area contributed by atoms with E-state index in [1.807, 2.05) is 6.92 Å². The molecule has 1 N–H and O–H groups in total. The van der Waals surface area contributed by atoms with E-state index >= 15 is 0 Å². The highest BCUT2D eigenvalue weighted by molar-refractivity contribution is 7.91. The fourth-order valence-corrected chi connectivity index (χ4v) is 2.39. The zero-order valence-electron chi connectivity index (χ0n) is 8.64. The summed E-state index contributed by atoms with van der Waals surface area (Å²) in [6.45, 7) is 2.69. The van der Waals surface area contributed by atoms with E-state index in [9.17, 15) is 8.42 Å². The van der Waals surface area contributed by atoms with E-state index in [0.717, 1.165) is 0 Å². The molecule has 0 aliphatic heterocycles. The monoisotopic (exact) mass is 233 g/mol. The van der Waals surface area contributed by atoms with Gasteiger partial charge in [-0.15, -0.1) is 0 Å². The molecule has 0 fully saturated rings. The number of hydrogen-bond acceptors (Lipinski definition) is 6. The van der Waals surface area contributed by atoms with Crippen molar-refractivity contribution >= 4 is 9.84 Å². The van der Waals surface area contributed by atoms with Gasteiger partial charge in [0.2, 0.25) is 6.39 Å². The fourth-order valence-electron chi connectivity index (χ4n) is 1.11. The second-order valence-corrected chi connectivity index (χ2v) is 5.48. The van der Waals surface area contributed by atoms with Gasteiger partial charge in [0.05, 0.1) is 12.3 Å². The molecule has 86 valence electrons. The van der Waals surface area contributed by atoms with E-state index in [1.165, 1.54) is 6.39 Å². The first-order chi connectivity index (χ1) is 7.14. The first kappa shape index (κ1) is 12.1. The Morgan fingerprint density at radius 1 is 1.47 bits per heavy atom. The molecule has 7 heteroatoms. The van der Waals surface area contributed by atoms with E-state index in [-0.39, 0.29) is 11.5 Å². The highest BCUT2D eigenvalue weighted by Crippen LogP contribution is 1.93. The molecule has 1 aromatic heterocycles. The van der Waals surface area contributed by atoms with E-state index in [1.54, 1.807) is 0 Å². The summed E-state index contributed by atoms with van der Waals surface area (Å²) >= 11 is 0. The van der Waals surface area contributed by atoms with Crippen molar-refractivity contribution in [3.05, 3.63) is 12.2 Å². The predicted octanol–water partition coefficient (Wildman–Crippen LogP) is -0.0160. The molecule has 0 bridgehead atoms. The molecule has 0 aliphatic carbocycles. The Morgan fingerprint density at radius 2 is 2.27 bits per heavy atom. The topological polar surface area (TPSA) is 85.1 Å². The van der Waals surface area contributed by atoms with Gasteiger partial charge >= 0.3 is 0 Å². The lowest BCUT2D eigenvalue weighted by molar-refractivity contribution is 0.407. The van der Waals surface area contributed by atoms with Gasteiger partial charge in [-0.1, -0.05) is 12.1 Å². The van der Waals surface area contributed by atoms with Gasteiger partial charge in [-0.05, 0) is 6.42 Å². The number of nitrogens with zero attached hydrogens (tertiary/aromatic N) is 2. The molecule has 0 unspecified atom stereocenters. The van der Waals surface area contributed by atoms with Crippen molar-refractivity contribution in [3.63, 3.8) is 0 Å². The van der Waals surface area contributed by atoms with Crippen LogP contribution < -0.4 is 5.32 Å². The predicted molar refractivity (Wildman–Crippen MR) is 54.9 cm³/mol. The normalized spacial score (nSPS) is 11.8. The van der Waals surface area contributed by atoms with Crippen LogP contribution in [0.3, 0.4) is 0 Å². The summed E-state index contributed by atoms with van der Waals surface area (Å²) in [6, 6.07) is 0. The van der Waals surface area contributed by atoms with Crippen LogP contribution in [0.5, 0.6) is 0 Å². The van der Waals surface area contributed by atoms with E-state index in [0.29, 0.717) is 25.3 Å². The smallest absolute Gasteiger partial charge is 0.213 e. The lowest BCUT2D eigenvalue weighted by atomic mass is 10.6. The molecule has 0 radical (unpaired) electrons. The van der Waals surface area contributed by atoms with Gasteiger partial charge < -0.3 is 9.84 Å². The highest BCUT2D eigenvalue weighted by atomic mass is 32.2. The fraction of sp³-hybridized carbons (Fsp3) is 0.750. The number of rotatable bonds is 7. The Hall–Kier alpha value is -0.950.